The van der Waals surface area contributed by atoms with E-state index < -0.39 is 12.0 Å². The number of urea groups is 1. The predicted octanol–water partition coefficient (Wildman–Crippen LogP) is 1.81. The van der Waals surface area contributed by atoms with Gasteiger partial charge in [0.1, 0.15) is 5.56 Å². The van der Waals surface area contributed by atoms with E-state index in [4.69, 9.17) is 21.4 Å². The number of carbonyl (C=O) groups excluding carboxylic acids is 1. The third kappa shape index (κ3) is 3.90. The fraction of sp³-hybridized carbons (Fsp3) is 0.273. The number of nitrogens with one attached hydrogen (secondary N) is 2. The third-order valence-corrected chi connectivity index (χ3v) is 2.38. The van der Waals surface area contributed by atoms with Gasteiger partial charge in [0.25, 0.3) is 0 Å². The van der Waals surface area contributed by atoms with Crippen molar-refractivity contribution in [2.45, 2.75) is 0 Å². The van der Waals surface area contributed by atoms with Gasteiger partial charge < -0.3 is 20.5 Å². The van der Waals surface area contributed by atoms with Crippen molar-refractivity contribution in [3.63, 3.8) is 0 Å². The highest BCUT2D eigenvalue weighted by atomic mass is 35.5. The molecule has 1 aromatic carbocycles. The Morgan fingerprint density at radius 3 is 2.78 bits per heavy atom. The van der Waals surface area contributed by atoms with Gasteiger partial charge in [-0.15, -0.1) is 0 Å². The van der Waals surface area contributed by atoms with E-state index in [9.17, 15) is 9.59 Å². The van der Waals surface area contributed by atoms with Gasteiger partial charge >= 0.3 is 12.0 Å². The molecule has 18 heavy (non-hydrogen) atoms. The number of aromatic carboxylic acids is 1. The van der Waals surface area contributed by atoms with Crippen molar-refractivity contribution in [2.75, 3.05) is 25.6 Å². The van der Waals surface area contributed by atoms with Crippen LogP contribution in [-0.2, 0) is 4.74 Å². The average Bonchev–Trinajstić information content (AvgIpc) is 2.28. The number of carboxylic acids is 1. The van der Waals surface area contributed by atoms with Crippen molar-refractivity contribution in [1.29, 1.82) is 0 Å². The first kappa shape index (κ1) is 14.3. The van der Waals surface area contributed by atoms with Gasteiger partial charge in [0.05, 0.1) is 17.3 Å². The fourth-order valence-electron chi connectivity index (χ4n) is 1.28. The van der Waals surface area contributed by atoms with Crippen LogP contribution in [0.15, 0.2) is 18.2 Å². The molecular weight excluding hydrogens is 260 g/mol. The Balaban J connectivity index is 2.75. The molecule has 0 aromatic heterocycles. The standard InChI is InChI=1S/C11H13ClN2O4/c1-18-6-5-13-11(17)14-8-4-2-3-7(12)9(8)10(15)16/h2-4H,5-6H2,1H3,(H,15,16)(H2,13,14,17). The molecule has 0 atom stereocenters. The number of hydrogen-bond acceptors (Lipinski definition) is 3. The fourth-order valence-corrected chi connectivity index (χ4v) is 1.53. The Morgan fingerprint density at radius 1 is 1.44 bits per heavy atom. The summed E-state index contributed by atoms with van der Waals surface area (Å²) in [6.45, 7) is 0.695. The molecular formula is C11H13ClN2O4. The van der Waals surface area contributed by atoms with Crippen LogP contribution in [0.25, 0.3) is 0 Å². The van der Waals surface area contributed by atoms with Crippen LogP contribution >= 0.6 is 11.6 Å². The lowest BCUT2D eigenvalue weighted by molar-refractivity contribution is 0.0698. The van der Waals surface area contributed by atoms with Gasteiger partial charge in [0.2, 0.25) is 0 Å². The van der Waals surface area contributed by atoms with Crippen molar-refractivity contribution in [1.82, 2.24) is 5.32 Å². The molecule has 0 radical (unpaired) electrons. The van der Waals surface area contributed by atoms with Gasteiger partial charge in [0.15, 0.2) is 0 Å². The van der Waals surface area contributed by atoms with Gasteiger partial charge in [0, 0.05) is 13.7 Å². The number of benzene rings is 1. The molecule has 0 bridgehead atoms. The number of halogens is 1. The van der Waals surface area contributed by atoms with Gasteiger partial charge in [-0.1, -0.05) is 17.7 Å². The van der Waals surface area contributed by atoms with Crippen molar-refractivity contribution >= 4 is 29.3 Å². The lowest BCUT2D eigenvalue weighted by Gasteiger charge is -2.10. The van der Waals surface area contributed by atoms with E-state index >= 15 is 0 Å². The monoisotopic (exact) mass is 272 g/mol. The summed E-state index contributed by atoms with van der Waals surface area (Å²) >= 11 is 5.76. The highest BCUT2D eigenvalue weighted by molar-refractivity contribution is 6.34. The molecule has 98 valence electrons. The van der Waals surface area contributed by atoms with E-state index in [0.717, 1.165) is 0 Å². The second-order valence-corrected chi connectivity index (χ2v) is 3.75. The Labute approximate surface area is 109 Å². The van der Waals surface area contributed by atoms with Crippen molar-refractivity contribution in [2.24, 2.45) is 0 Å². The van der Waals surface area contributed by atoms with E-state index in [1.807, 2.05) is 0 Å². The number of methoxy groups -OCH3 is 1. The molecule has 0 aliphatic rings. The summed E-state index contributed by atoms with van der Waals surface area (Å²) in [5, 5.41) is 14.0. The molecule has 2 amide bonds. The van der Waals surface area contributed by atoms with Crippen LogP contribution < -0.4 is 10.6 Å². The topological polar surface area (TPSA) is 87.7 Å². The Bertz CT molecular complexity index is 451. The van der Waals surface area contributed by atoms with Crippen LogP contribution in [-0.4, -0.2) is 37.4 Å². The quantitative estimate of drug-likeness (QED) is 0.713. The van der Waals surface area contributed by atoms with E-state index in [2.05, 4.69) is 10.6 Å². The average molecular weight is 273 g/mol. The maximum Gasteiger partial charge on any atom is 0.339 e. The first-order valence-corrected chi connectivity index (χ1v) is 5.49. The molecule has 0 aliphatic carbocycles. The second-order valence-electron chi connectivity index (χ2n) is 3.34. The summed E-state index contributed by atoms with van der Waals surface area (Å²) in [6, 6.07) is 3.95. The molecule has 1 rings (SSSR count). The molecule has 0 heterocycles. The van der Waals surface area contributed by atoms with E-state index in [1.165, 1.54) is 19.2 Å². The number of carbonyl (C=O) groups is 2. The van der Waals surface area contributed by atoms with E-state index in [0.29, 0.717) is 13.2 Å². The lowest BCUT2D eigenvalue weighted by atomic mass is 10.2. The van der Waals surface area contributed by atoms with Crippen LogP contribution in [0.1, 0.15) is 10.4 Å². The van der Waals surface area contributed by atoms with Crippen molar-refractivity contribution < 1.29 is 19.4 Å². The maximum absolute atomic E-state index is 11.5. The summed E-state index contributed by atoms with van der Waals surface area (Å²) in [4.78, 5) is 22.5. The van der Waals surface area contributed by atoms with Crippen LogP contribution in [0.5, 0.6) is 0 Å². The number of anilines is 1. The zero-order chi connectivity index (χ0) is 13.5. The summed E-state index contributed by atoms with van der Waals surface area (Å²) in [5.74, 6) is -1.20. The highest BCUT2D eigenvalue weighted by Gasteiger charge is 2.15. The van der Waals surface area contributed by atoms with E-state index in [1.54, 1.807) is 6.07 Å². The molecule has 6 nitrogen and oxygen atoms in total. The zero-order valence-electron chi connectivity index (χ0n) is 9.70. The van der Waals surface area contributed by atoms with Crippen molar-refractivity contribution in [3.8, 4) is 0 Å². The van der Waals surface area contributed by atoms with Crippen LogP contribution in [0.3, 0.4) is 0 Å². The minimum Gasteiger partial charge on any atom is -0.478 e. The Hall–Kier alpha value is -1.79. The lowest BCUT2D eigenvalue weighted by Crippen LogP contribution is -2.31. The smallest absolute Gasteiger partial charge is 0.339 e. The first-order chi connectivity index (χ1) is 8.56. The number of ether oxygens (including phenoxy) is 1. The molecule has 3 N–H and O–H groups in total. The summed E-state index contributed by atoms with van der Waals surface area (Å²) in [6.07, 6.45) is 0. The van der Waals surface area contributed by atoms with Gasteiger partial charge in [-0.2, -0.15) is 0 Å². The second kappa shape index (κ2) is 6.83. The Morgan fingerprint density at radius 2 is 2.17 bits per heavy atom. The van der Waals surface area contributed by atoms with Crippen molar-refractivity contribution in [3.05, 3.63) is 28.8 Å². The number of amides is 2. The number of carboxylic acid groups (broad SMARTS) is 1. The van der Waals surface area contributed by atoms with Gasteiger partial charge in [-0.05, 0) is 12.1 Å². The Kier molecular flexibility index (Phi) is 5.41. The summed E-state index contributed by atoms with van der Waals surface area (Å²) in [5.41, 5.74) is 0.00553. The molecule has 7 heteroatoms. The summed E-state index contributed by atoms with van der Waals surface area (Å²) < 4.78 is 4.77. The minimum absolute atomic E-state index is 0.0668. The van der Waals surface area contributed by atoms with Gasteiger partial charge in [-0.3, -0.25) is 0 Å². The summed E-state index contributed by atoms with van der Waals surface area (Å²) in [7, 11) is 1.51. The third-order valence-electron chi connectivity index (χ3n) is 2.07. The molecule has 1 aromatic rings. The molecule has 0 unspecified atom stereocenters. The van der Waals surface area contributed by atoms with E-state index in [-0.39, 0.29) is 16.3 Å². The number of hydrogen-bond donors (Lipinski definition) is 3. The molecule has 0 spiro atoms. The molecule has 0 fully saturated rings. The highest BCUT2D eigenvalue weighted by Crippen LogP contribution is 2.24. The molecule has 0 aliphatic heterocycles. The number of rotatable bonds is 5. The SMILES string of the molecule is COCCNC(=O)Nc1cccc(Cl)c1C(=O)O. The minimum atomic E-state index is -1.20. The van der Waals surface area contributed by atoms with Crippen LogP contribution in [0.4, 0.5) is 10.5 Å². The first-order valence-electron chi connectivity index (χ1n) is 5.12. The predicted molar refractivity (Wildman–Crippen MR) is 67.3 cm³/mol. The molecule has 0 saturated heterocycles. The normalized spacial score (nSPS) is 9.89. The molecule has 0 saturated carbocycles. The van der Waals surface area contributed by atoms with Crippen LogP contribution in [0, 0.1) is 0 Å². The maximum atomic E-state index is 11.5. The van der Waals surface area contributed by atoms with Crippen LogP contribution in [0.2, 0.25) is 5.02 Å². The zero-order valence-corrected chi connectivity index (χ0v) is 10.5. The largest absolute Gasteiger partial charge is 0.478 e. The van der Waals surface area contributed by atoms with Gasteiger partial charge in [-0.25, -0.2) is 9.59 Å².